The van der Waals surface area contributed by atoms with Gasteiger partial charge in [0.25, 0.3) is 0 Å². The molecule has 0 aromatic rings. The fourth-order valence-electron chi connectivity index (χ4n) is 2.22. The molecular weight excluding hydrogens is 218 g/mol. The van der Waals surface area contributed by atoms with Gasteiger partial charge >= 0.3 is 0 Å². The van der Waals surface area contributed by atoms with Crippen LogP contribution in [0.3, 0.4) is 0 Å². The largest absolute Gasteiger partial charge is 0.380 e. The standard InChI is InChI=1S/C12H25N3O2/c1-14(2)10-4-6-15(7-5-10)12(16)8-11(9-13)17-3/h10-11H,4-9,13H2,1-3H3. The van der Waals surface area contributed by atoms with Crippen molar-refractivity contribution < 1.29 is 9.53 Å². The minimum Gasteiger partial charge on any atom is -0.380 e. The van der Waals surface area contributed by atoms with Gasteiger partial charge in [-0.1, -0.05) is 0 Å². The minimum atomic E-state index is -0.144. The molecule has 0 aliphatic carbocycles. The first-order valence-corrected chi connectivity index (χ1v) is 6.25. The summed E-state index contributed by atoms with van der Waals surface area (Å²) in [6.45, 7) is 2.10. The molecule has 1 aliphatic rings. The fraction of sp³-hybridized carbons (Fsp3) is 0.917. The first-order chi connectivity index (χ1) is 8.08. The first-order valence-electron chi connectivity index (χ1n) is 6.25. The van der Waals surface area contributed by atoms with Crippen LogP contribution in [0.2, 0.25) is 0 Å². The van der Waals surface area contributed by atoms with Crippen molar-refractivity contribution >= 4 is 5.91 Å². The lowest BCUT2D eigenvalue weighted by Crippen LogP contribution is -2.45. The highest BCUT2D eigenvalue weighted by atomic mass is 16.5. The molecule has 1 rings (SSSR count). The highest BCUT2D eigenvalue weighted by molar-refractivity contribution is 5.76. The number of hydrogen-bond donors (Lipinski definition) is 1. The zero-order valence-corrected chi connectivity index (χ0v) is 11.2. The van der Waals surface area contributed by atoms with Gasteiger partial charge in [0.2, 0.25) is 5.91 Å². The second kappa shape index (κ2) is 6.93. The van der Waals surface area contributed by atoms with Crippen LogP contribution < -0.4 is 5.73 Å². The van der Waals surface area contributed by atoms with Crippen molar-refractivity contribution in [2.75, 3.05) is 40.8 Å². The monoisotopic (exact) mass is 243 g/mol. The van der Waals surface area contributed by atoms with Crippen molar-refractivity contribution in [3.05, 3.63) is 0 Å². The number of nitrogens with two attached hydrogens (primary N) is 1. The number of carbonyl (C=O) groups is 1. The second-order valence-electron chi connectivity index (χ2n) is 4.87. The van der Waals surface area contributed by atoms with E-state index >= 15 is 0 Å². The average molecular weight is 243 g/mol. The molecule has 1 fully saturated rings. The Morgan fingerprint density at radius 1 is 1.47 bits per heavy atom. The maximum atomic E-state index is 12.0. The van der Waals surface area contributed by atoms with E-state index in [-0.39, 0.29) is 12.0 Å². The molecule has 1 heterocycles. The van der Waals surface area contributed by atoms with E-state index in [9.17, 15) is 4.79 Å². The Hall–Kier alpha value is -0.650. The lowest BCUT2D eigenvalue weighted by molar-refractivity contribution is -0.135. The summed E-state index contributed by atoms with van der Waals surface area (Å²) in [5.41, 5.74) is 5.52. The van der Waals surface area contributed by atoms with Gasteiger partial charge in [0.15, 0.2) is 0 Å². The summed E-state index contributed by atoms with van der Waals surface area (Å²) >= 11 is 0. The summed E-state index contributed by atoms with van der Waals surface area (Å²) in [5.74, 6) is 0.166. The van der Waals surface area contributed by atoms with Gasteiger partial charge in [-0.25, -0.2) is 0 Å². The van der Waals surface area contributed by atoms with Crippen molar-refractivity contribution in [3.63, 3.8) is 0 Å². The van der Waals surface area contributed by atoms with Gasteiger partial charge in [-0.2, -0.15) is 0 Å². The van der Waals surface area contributed by atoms with Crippen molar-refractivity contribution in [3.8, 4) is 0 Å². The van der Waals surface area contributed by atoms with Crippen LogP contribution in [0.4, 0.5) is 0 Å². The molecule has 1 aliphatic heterocycles. The number of ether oxygens (including phenoxy) is 1. The molecule has 1 unspecified atom stereocenters. The molecule has 0 aromatic heterocycles. The van der Waals surface area contributed by atoms with Crippen LogP contribution in [-0.2, 0) is 9.53 Å². The highest BCUT2D eigenvalue weighted by Gasteiger charge is 2.25. The molecule has 1 atom stereocenters. The molecule has 0 bridgehead atoms. The molecule has 100 valence electrons. The fourth-order valence-corrected chi connectivity index (χ4v) is 2.22. The van der Waals surface area contributed by atoms with Gasteiger partial charge in [-0.15, -0.1) is 0 Å². The Labute approximate surface area is 104 Å². The van der Waals surface area contributed by atoms with Crippen molar-refractivity contribution in [2.45, 2.75) is 31.4 Å². The molecule has 1 saturated heterocycles. The predicted molar refractivity (Wildman–Crippen MR) is 67.8 cm³/mol. The lowest BCUT2D eigenvalue weighted by Gasteiger charge is -2.35. The number of amides is 1. The normalized spacial score (nSPS) is 19.7. The van der Waals surface area contributed by atoms with Gasteiger partial charge in [0.05, 0.1) is 12.5 Å². The Kier molecular flexibility index (Phi) is 5.88. The summed E-state index contributed by atoms with van der Waals surface area (Å²) in [5, 5.41) is 0. The molecule has 0 radical (unpaired) electrons. The number of rotatable bonds is 5. The van der Waals surface area contributed by atoms with Crippen LogP contribution in [0.5, 0.6) is 0 Å². The van der Waals surface area contributed by atoms with Crippen LogP contribution in [0, 0.1) is 0 Å². The Morgan fingerprint density at radius 2 is 2.06 bits per heavy atom. The number of piperidine rings is 1. The Balaban J connectivity index is 2.35. The molecule has 2 N–H and O–H groups in total. The van der Waals surface area contributed by atoms with Gasteiger partial charge in [-0.05, 0) is 26.9 Å². The van der Waals surface area contributed by atoms with E-state index in [1.807, 2.05) is 4.90 Å². The summed E-state index contributed by atoms with van der Waals surface area (Å²) in [4.78, 5) is 16.1. The summed E-state index contributed by atoms with van der Waals surface area (Å²) in [6.07, 6.45) is 2.37. The third-order valence-corrected chi connectivity index (χ3v) is 3.55. The van der Waals surface area contributed by atoms with E-state index in [4.69, 9.17) is 10.5 Å². The number of methoxy groups -OCH3 is 1. The van der Waals surface area contributed by atoms with Crippen LogP contribution in [0.15, 0.2) is 0 Å². The second-order valence-corrected chi connectivity index (χ2v) is 4.87. The lowest BCUT2D eigenvalue weighted by atomic mass is 10.0. The molecule has 0 spiro atoms. The maximum absolute atomic E-state index is 12.0. The molecule has 17 heavy (non-hydrogen) atoms. The quantitative estimate of drug-likeness (QED) is 0.733. The topological polar surface area (TPSA) is 58.8 Å². The average Bonchev–Trinajstić information content (AvgIpc) is 2.35. The molecule has 0 aromatic carbocycles. The summed E-state index contributed by atoms with van der Waals surface area (Å²) < 4.78 is 5.14. The third kappa shape index (κ3) is 4.26. The predicted octanol–water partition coefficient (Wildman–Crippen LogP) is -0.0972. The van der Waals surface area contributed by atoms with Crippen LogP contribution in [-0.4, -0.2) is 68.7 Å². The van der Waals surface area contributed by atoms with Gasteiger partial charge < -0.3 is 20.3 Å². The van der Waals surface area contributed by atoms with Crippen molar-refractivity contribution in [1.82, 2.24) is 9.80 Å². The zero-order valence-electron chi connectivity index (χ0n) is 11.2. The van der Waals surface area contributed by atoms with E-state index in [0.717, 1.165) is 25.9 Å². The van der Waals surface area contributed by atoms with Crippen LogP contribution in [0.25, 0.3) is 0 Å². The Bertz CT molecular complexity index is 234. The van der Waals surface area contributed by atoms with E-state index in [1.54, 1.807) is 7.11 Å². The zero-order chi connectivity index (χ0) is 12.8. The SMILES string of the molecule is COC(CN)CC(=O)N1CCC(N(C)C)CC1. The molecular formula is C12H25N3O2. The van der Waals surface area contributed by atoms with Gasteiger partial charge in [0, 0.05) is 32.8 Å². The minimum absolute atomic E-state index is 0.144. The number of carbonyl (C=O) groups excluding carboxylic acids is 1. The van der Waals surface area contributed by atoms with Crippen LogP contribution in [0.1, 0.15) is 19.3 Å². The third-order valence-electron chi connectivity index (χ3n) is 3.55. The smallest absolute Gasteiger partial charge is 0.225 e. The number of hydrogen-bond acceptors (Lipinski definition) is 4. The number of likely N-dealkylation sites (tertiary alicyclic amines) is 1. The van der Waals surface area contributed by atoms with Crippen molar-refractivity contribution in [1.29, 1.82) is 0 Å². The molecule has 1 amide bonds. The van der Waals surface area contributed by atoms with Crippen LogP contribution >= 0.6 is 0 Å². The molecule has 5 heteroatoms. The van der Waals surface area contributed by atoms with Gasteiger partial charge in [0.1, 0.15) is 0 Å². The number of nitrogens with zero attached hydrogens (tertiary/aromatic N) is 2. The highest BCUT2D eigenvalue weighted by Crippen LogP contribution is 2.15. The molecule has 0 saturated carbocycles. The van der Waals surface area contributed by atoms with E-state index in [0.29, 0.717) is 19.0 Å². The first kappa shape index (κ1) is 14.4. The maximum Gasteiger partial charge on any atom is 0.225 e. The van der Waals surface area contributed by atoms with E-state index in [2.05, 4.69) is 19.0 Å². The van der Waals surface area contributed by atoms with E-state index < -0.39 is 0 Å². The van der Waals surface area contributed by atoms with E-state index in [1.165, 1.54) is 0 Å². The van der Waals surface area contributed by atoms with Gasteiger partial charge in [-0.3, -0.25) is 4.79 Å². The summed E-state index contributed by atoms with van der Waals surface area (Å²) in [7, 11) is 5.79. The van der Waals surface area contributed by atoms with Crippen molar-refractivity contribution in [2.24, 2.45) is 5.73 Å². The molecule has 5 nitrogen and oxygen atoms in total. The summed E-state index contributed by atoms with van der Waals surface area (Å²) in [6, 6.07) is 0.604. The Morgan fingerprint density at radius 3 is 2.47 bits per heavy atom.